The molecule has 3 rings (SSSR count). The van der Waals surface area contributed by atoms with Gasteiger partial charge in [-0.1, -0.05) is 78.2 Å². The smallest absolute Gasteiger partial charge is 0.253 e. The summed E-state index contributed by atoms with van der Waals surface area (Å²) in [7, 11) is 1.83. The van der Waals surface area contributed by atoms with E-state index in [1.807, 2.05) is 77.6 Å². The first-order valence-corrected chi connectivity index (χ1v) is 13.8. The van der Waals surface area contributed by atoms with Crippen LogP contribution < -0.4 is 10.6 Å². The normalized spacial score (nSPS) is 12.5. The molecule has 0 saturated carbocycles. The molecule has 3 aromatic rings. The molecule has 2 amide bonds. The molecule has 2 aromatic heterocycles. The quantitative estimate of drug-likeness (QED) is 0.279. The van der Waals surface area contributed by atoms with Gasteiger partial charge in [0.25, 0.3) is 5.91 Å². The van der Waals surface area contributed by atoms with Gasteiger partial charge in [-0.15, -0.1) is 11.3 Å². The van der Waals surface area contributed by atoms with Crippen LogP contribution in [0.5, 0.6) is 0 Å². The Hall–Kier alpha value is -2.91. The van der Waals surface area contributed by atoms with E-state index >= 15 is 0 Å². The fourth-order valence-corrected chi connectivity index (χ4v) is 3.98. The maximum absolute atomic E-state index is 12.0. The first-order chi connectivity index (χ1) is 17.7. The van der Waals surface area contributed by atoms with Crippen LogP contribution in [0.1, 0.15) is 71.2 Å². The Kier molecular flexibility index (Phi) is 14.6. The number of nitrogens with one attached hydrogen (secondary N) is 2. The molecular weight excluding hydrogens is 483 g/mol. The monoisotopic (exact) mass is 525 g/mol. The molecule has 0 aliphatic carbocycles. The number of aromatic nitrogens is 2. The van der Waals surface area contributed by atoms with Crippen molar-refractivity contribution in [3.63, 3.8) is 0 Å². The van der Waals surface area contributed by atoms with Gasteiger partial charge in [-0.05, 0) is 37.9 Å². The molecule has 0 aliphatic rings. The standard InChI is InChI=1S/C17H16BN4O2S.C9H20O.C2H6/c1-18-22-8-7-13(10-22)16(24)19-9-15(23)21-17-20-14(11-25-17)12-5-3-2-4-6-12;1-5-8(3)7-9(4,10)6-2;1-2/h2-8,10-11H,9H2,1H3,(H,19,24)(H,20,21,23);8,10H,5-7H2,1-4H3;1-2H3. The molecule has 9 heteroatoms. The summed E-state index contributed by atoms with van der Waals surface area (Å²) in [6, 6.07) is 11.4. The lowest BCUT2D eigenvalue weighted by molar-refractivity contribution is -0.115. The highest BCUT2D eigenvalue weighted by Crippen LogP contribution is 2.24. The van der Waals surface area contributed by atoms with Crippen molar-refractivity contribution in [3.05, 3.63) is 59.7 Å². The van der Waals surface area contributed by atoms with Crippen LogP contribution in [-0.2, 0) is 4.79 Å². The molecule has 0 fully saturated rings. The molecule has 0 bridgehead atoms. The van der Waals surface area contributed by atoms with E-state index in [1.54, 1.807) is 22.9 Å². The average molecular weight is 526 g/mol. The van der Waals surface area contributed by atoms with Gasteiger partial charge in [-0.25, -0.2) is 4.98 Å². The van der Waals surface area contributed by atoms with Crippen molar-refractivity contribution >= 4 is 35.7 Å². The molecule has 2 heterocycles. The maximum atomic E-state index is 12.0. The van der Waals surface area contributed by atoms with Gasteiger partial charge < -0.3 is 20.2 Å². The largest absolute Gasteiger partial charge is 0.402 e. The summed E-state index contributed by atoms with van der Waals surface area (Å²) in [6.07, 6.45) is 6.42. The average Bonchev–Trinajstić information content (AvgIpc) is 3.59. The van der Waals surface area contributed by atoms with E-state index in [-0.39, 0.29) is 18.4 Å². The van der Waals surface area contributed by atoms with Crippen LogP contribution in [0, 0.1) is 5.92 Å². The van der Waals surface area contributed by atoms with Crippen molar-refractivity contribution in [1.82, 2.24) is 14.8 Å². The molecule has 3 N–H and O–H groups in total. The Bertz CT molecular complexity index is 1070. The van der Waals surface area contributed by atoms with Crippen molar-refractivity contribution < 1.29 is 14.7 Å². The topological polar surface area (TPSA) is 96.3 Å². The molecule has 0 spiro atoms. The van der Waals surface area contributed by atoms with Crippen LogP contribution in [-0.4, -0.2) is 45.9 Å². The Labute approximate surface area is 227 Å². The minimum Gasteiger partial charge on any atom is -0.402 e. The van der Waals surface area contributed by atoms with Crippen molar-refractivity contribution in [2.75, 3.05) is 11.9 Å². The first kappa shape index (κ1) is 32.1. The fraction of sp³-hybridized carbons (Fsp3) is 0.464. The van der Waals surface area contributed by atoms with E-state index in [4.69, 9.17) is 0 Å². The number of rotatable bonds is 10. The number of amides is 2. The molecule has 1 radical (unpaired) electrons. The van der Waals surface area contributed by atoms with Crippen LogP contribution in [0.2, 0.25) is 6.82 Å². The Morgan fingerprint density at radius 1 is 1.19 bits per heavy atom. The molecule has 2 atom stereocenters. The van der Waals surface area contributed by atoms with Crippen LogP contribution in [0.4, 0.5) is 5.13 Å². The van der Waals surface area contributed by atoms with E-state index in [0.717, 1.165) is 30.5 Å². The van der Waals surface area contributed by atoms with E-state index in [0.29, 0.717) is 16.6 Å². The number of carbonyl (C=O) groups is 2. The molecule has 7 nitrogen and oxygen atoms in total. The number of carbonyl (C=O) groups excluding carboxylic acids is 2. The van der Waals surface area contributed by atoms with Gasteiger partial charge in [0.1, 0.15) is 0 Å². The number of aliphatic hydroxyl groups is 1. The summed E-state index contributed by atoms with van der Waals surface area (Å²) < 4.78 is 1.77. The van der Waals surface area contributed by atoms with E-state index in [9.17, 15) is 14.7 Å². The molecule has 0 aliphatic heterocycles. The van der Waals surface area contributed by atoms with Gasteiger partial charge in [-0.3, -0.25) is 9.59 Å². The first-order valence-electron chi connectivity index (χ1n) is 13.0. The summed E-state index contributed by atoms with van der Waals surface area (Å²) in [5.74, 6) is 0.0404. The maximum Gasteiger partial charge on any atom is 0.253 e. The summed E-state index contributed by atoms with van der Waals surface area (Å²) in [5, 5.41) is 17.3. The summed E-state index contributed by atoms with van der Waals surface area (Å²) >= 11 is 1.35. The third-order valence-corrected chi connectivity index (χ3v) is 6.51. The van der Waals surface area contributed by atoms with Gasteiger partial charge in [0, 0.05) is 17.1 Å². The molecule has 1 aromatic carbocycles. The van der Waals surface area contributed by atoms with Crippen molar-refractivity contribution in [1.29, 1.82) is 0 Å². The summed E-state index contributed by atoms with van der Waals surface area (Å²) in [5.41, 5.74) is 1.87. The second kappa shape index (κ2) is 16.8. The molecule has 0 saturated heterocycles. The third kappa shape index (κ3) is 11.8. The van der Waals surface area contributed by atoms with E-state index in [1.165, 1.54) is 11.3 Å². The van der Waals surface area contributed by atoms with Gasteiger partial charge in [0.05, 0.1) is 23.4 Å². The number of nitrogens with zero attached hydrogens (tertiary/aromatic N) is 2. The highest BCUT2D eigenvalue weighted by atomic mass is 32.1. The predicted octanol–water partition coefficient (Wildman–Crippen LogP) is 6.11. The summed E-state index contributed by atoms with van der Waals surface area (Å²) in [6.45, 7) is 14.1. The van der Waals surface area contributed by atoms with Crippen molar-refractivity contribution in [3.8, 4) is 11.3 Å². The van der Waals surface area contributed by atoms with Gasteiger partial charge in [0.2, 0.25) is 13.3 Å². The fourth-order valence-electron chi connectivity index (χ4n) is 3.25. The number of thiazole rings is 1. The van der Waals surface area contributed by atoms with Crippen molar-refractivity contribution in [2.45, 2.75) is 73.2 Å². The van der Waals surface area contributed by atoms with E-state index in [2.05, 4.69) is 29.5 Å². The van der Waals surface area contributed by atoms with E-state index < -0.39 is 5.60 Å². The predicted molar refractivity (Wildman–Crippen MR) is 156 cm³/mol. The zero-order chi connectivity index (χ0) is 27.8. The second-order valence-electron chi connectivity index (χ2n) is 8.81. The zero-order valence-corrected chi connectivity index (χ0v) is 24.1. The molecule has 2 unspecified atom stereocenters. The van der Waals surface area contributed by atoms with Gasteiger partial charge in [-0.2, -0.15) is 0 Å². The lowest BCUT2D eigenvalue weighted by Gasteiger charge is -2.24. The van der Waals surface area contributed by atoms with Crippen molar-refractivity contribution in [2.24, 2.45) is 5.92 Å². The zero-order valence-electron chi connectivity index (χ0n) is 23.2. The number of anilines is 1. The lowest BCUT2D eigenvalue weighted by atomic mass is 9.90. The minimum absolute atomic E-state index is 0.111. The SMILES string of the molecule is CC.CCC(C)CC(C)(O)CC.C[B]n1ccc(C(=O)NCC(=O)Nc2nc(-c3ccccc3)cs2)c1. The Morgan fingerprint density at radius 2 is 1.86 bits per heavy atom. The highest BCUT2D eigenvalue weighted by Gasteiger charge is 2.19. The lowest BCUT2D eigenvalue weighted by Crippen LogP contribution is -2.32. The van der Waals surface area contributed by atoms with Crippen LogP contribution in [0.3, 0.4) is 0 Å². The highest BCUT2D eigenvalue weighted by molar-refractivity contribution is 7.14. The Balaban J connectivity index is 0.000000483. The number of hydrogen-bond donors (Lipinski definition) is 3. The van der Waals surface area contributed by atoms with Crippen LogP contribution >= 0.6 is 11.3 Å². The Morgan fingerprint density at radius 3 is 2.43 bits per heavy atom. The summed E-state index contributed by atoms with van der Waals surface area (Å²) in [4.78, 5) is 28.4. The number of benzene rings is 1. The van der Waals surface area contributed by atoms with Gasteiger partial charge in [0.15, 0.2) is 5.13 Å². The molecular formula is C28H42BN4O3S. The number of hydrogen-bond acceptors (Lipinski definition) is 5. The molecule has 37 heavy (non-hydrogen) atoms. The van der Waals surface area contributed by atoms with Crippen LogP contribution in [0.15, 0.2) is 54.2 Å². The van der Waals surface area contributed by atoms with Gasteiger partial charge >= 0.3 is 0 Å². The molecule has 201 valence electrons. The van der Waals surface area contributed by atoms with Crippen LogP contribution in [0.25, 0.3) is 11.3 Å². The minimum atomic E-state index is -0.435. The third-order valence-electron chi connectivity index (χ3n) is 5.75. The second-order valence-corrected chi connectivity index (χ2v) is 9.67.